The maximum atomic E-state index is 12.1. The molecule has 5 nitrogen and oxygen atoms in total. The lowest BCUT2D eigenvalue weighted by atomic mass is 10.1. The molecule has 0 spiro atoms. The normalized spacial score (nSPS) is 10.6. The molecule has 0 saturated heterocycles. The highest BCUT2D eigenvalue weighted by molar-refractivity contribution is 5.97. The first-order valence-corrected chi connectivity index (χ1v) is 7.24. The summed E-state index contributed by atoms with van der Waals surface area (Å²) in [6, 6.07) is 9.56. The maximum Gasteiger partial charge on any atom is 0.251 e. The van der Waals surface area contributed by atoms with E-state index in [-0.39, 0.29) is 5.91 Å². The Labute approximate surface area is 128 Å². The molecule has 0 aliphatic rings. The van der Waals surface area contributed by atoms with Crippen LogP contribution in [0.1, 0.15) is 15.9 Å². The Kier molecular flexibility index (Phi) is 4.05. The predicted octanol–water partition coefficient (Wildman–Crippen LogP) is 2.71. The highest BCUT2D eigenvalue weighted by Crippen LogP contribution is 2.14. The Bertz CT molecular complexity index is 794. The number of pyridine rings is 1. The third-order valence-corrected chi connectivity index (χ3v) is 3.56. The van der Waals surface area contributed by atoms with Crippen molar-refractivity contribution in [2.24, 2.45) is 0 Å². The summed E-state index contributed by atoms with van der Waals surface area (Å²) in [5, 5.41) is 7.30. The van der Waals surface area contributed by atoms with Gasteiger partial charge < -0.3 is 15.6 Å². The topological polar surface area (TPSA) is 69.8 Å². The van der Waals surface area contributed by atoms with E-state index in [9.17, 15) is 4.79 Å². The molecule has 2 aromatic heterocycles. The van der Waals surface area contributed by atoms with Crippen LogP contribution in [0.5, 0.6) is 0 Å². The molecule has 0 atom stereocenters. The number of aryl methyl sites for hydroxylation is 1. The molecule has 2 heterocycles. The lowest BCUT2D eigenvalue weighted by Crippen LogP contribution is -2.28. The van der Waals surface area contributed by atoms with Crippen LogP contribution in [-0.2, 0) is 0 Å². The van der Waals surface area contributed by atoms with Gasteiger partial charge in [-0.05, 0) is 42.1 Å². The molecule has 1 amide bonds. The van der Waals surface area contributed by atoms with Gasteiger partial charge in [-0.2, -0.15) is 0 Å². The molecule has 1 aromatic carbocycles. The number of aromatic amines is 1. The molecule has 22 heavy (non-hydrogen) atoms. The number of hydrogen-bond acceptors (Lipinski definition) is 3. The molecule has 3 aromatic rings. The summed E-state index contributed by atoms with van der Waals surface area (Å²) in [5.74, 6) is -0.0650. The minimum absolute atomic E-state index is 0.0650. The van der Waals surface area contributed by atoms with Crippen molar-refractivity contribution in [1.82, 2.24) is 15.3 Å². The zero-order chi connectivity index (χ0) is 15.4. The van der Waals surface area contributed by atoms with Crippen molar-refractivity contribution in [2.75, 3.05) is 18.4 Å². The summed E-state index contributed by atoms with van der Waals surface area (Å²) in [6.07, 6.45) is 5.43. The number of H-pyrrole nitrogens is 1. The number of nitrogens with one attached hydrogen (secondary N) is 3. The van der Waals surface area contributed by atoms with Crippen LogP contribution < -0.4 is 10.6 Å². The number of nitrogens with zero attached hydrogens (tertiary/aromatic N) is 1. The molecule has 3 N–H and O–H groups in total. The van der Waals surface area contributed by atoms with Gasteiger partial charge in [0.15, 0.2) is 0 Å². The van der Waals surface area contributed by atoms with E-state index in [1.165, 1.54) is 0 Å². The van der Waals surface area contributed by atoms with Gasteiger partial charge in [0, 0.05) is 48.4 Å². The average molecular weight is 294 g/mol. The average Bonchev–Trinajstić information content (AvgIpc) is 3.00. The maximum absolute atomic E-state index is 12.1. The van der Waals surface area contributed by atoms with Gasteiger partial charge in [-0.25, -0.2) is 0 Å². The Morgan fingerprint density at radius 1 is 1.23 bits per heavy atom. The van der Waals surface area contributed by atoms with Gasteiger partial charge in [-0.1, -0.05) is 6.07 Å². The highest BCUT2D eigenvalue weighted by Gasteiger charge is 2.06. The Morgan fingerprint density at radius 2 is 2.14 bits per heavy atom. The minimum atomic E-state index is -0.0650. The zero-order valence-electron chi connectivity index (χ0n) is 12.4. The summed E-state index contributed by atoms with van der Waals surface area (Å²) in [4.78, 5) is 19.3. The highest BCUT2D eigenvalue weighted by atomic mass is 16.1. The molecule has 3 rings (SSSR count). The second-order valence-electron chi connectivity index (χ2n) is 5.15. The SMILES string of the molecule is Cc1cnccc1NCCNC(=O)c1ccc2cc[nH]c2c1. The smallest absolute Gasteiger partial charge is 0.251 e. The third kappa shape index (κ3) is 3.09. The van der Waals surface area contributed by atoms with Gasteiger partial charge >= 0.3 is 0 Å². The summed E-state index contributed by atoms with van der Waals surface area (Å²) < 4.78 is 0. The van der Waals surface area contributed by atoms with E-state index in [1.54, 1.807) is 6.20 Å². The molecule has 0 aliphatic heterocycles. The van der Waals surface area contributed by atoms with Crippen molar-refractivity contribution >= 4 is 22.5 Å². The molecule has 0 unspecified atom stereocenters. The van der Waals surface area contributed by atoms with Crippen molar-refractivity contribution in [3.8, 4) is 0 Å². The standard InChI is InChI=1S/C17H18N4O/c1-12-11-18-6-5-15(12)20-8-9-21-17(22)14-3-2-13-4-7-19-16(13)10-14/h2-7,10-11,19H,8-9H2,1H3,(H,18,20)(H,21,22). The number of aromatic nitrogens is 2. The van der Waals surface area contributed by atoms with Gasteiger partial charge in [0.1, 0.15) is 0 Å². The fourth-order valence-corrected chi connectivity index (χ4v) is 2.34. The van der Waals surface area contributed by atoms with Crippen LogP contribution in [0.25, 0.3) is 10.9 Å². The summed E-state index contributed by atoms with van der Waals surface area (Å²) in [5.41, 5.74) is 3.76. The molecular weight excluding hydrogens is 276 g/mol. The van der Waals surface area contributed by atoms with Crippen molar-refractivity contribution in [3.63, 3.8) is 0 Å². The van der Waals surface area contributed by atoms with Gasteiger partial charge in [0.05, 0.1) is 0 Å². The monoisotopic (exact) mass is 294 g/mol. The fraction of sp³-hybridized carbons (Fsp3) is 0.176. The number of rotatable bonds is 5. The molecule has 112 valence electrons. The number of anilines is 1. The summed E-state index contributed by atoms with van der Waals surface area (Å²) in [7, 11) is 0. The van der Waals surface area contributed by atoms with Crippen LogP contribution in [0.4, 0.5) is 5.69 Å². The number of carbonyl (C=O) groups excluding carboxylic acids is 1. The van der Waals surface area contributed by atoms with Crippen LogP contribution in [0.2, 0.25) is 0 Å². The van der Waals surface area contributed by atoms with E-state index >= 15 is 0 Å². The summed E-state index contributed by atoms with van der Waals surface area (Å²) in [6.45, 7) is 3.23. The first kappa shape index (κ1) is 14.1. The van der Waals surface area contributed by atoms with Crippen molar-refractivity contribution in [2.45, 2.75) is 6.92 Å². The minimum Gasteiger partial charge on any atom is -0.383 e. The Morgan fingerprint density at radius 3 is 3.00 bits per heavy atom. The molecule has 0 fully saturated rings. The predicted molar refractivity (Wildman–Crippen MR) is 88.1 cm³/mol. The van der Waals surface area contributed by atoms with E-state index in [1.807, 2.05) is 49.6 Å². The number of hydrogen-bond donors (Lipinski definition) is 3. The number of amides is 1. The van der Waals surface area contributed by atoms with E-state index in [2.05, 4.69) is 20.6 Å². The lowest BCUT2D eigenvalue weighted by molar-refractivity contribution is 0.0955. The molecular formula is C17H18N4O. The first-order valence-electron chi connectivity index (χ1n) is 7.24. The van der Waals surface area contributed by atoms with Gasteiger partial charge in [-0.3, -0.25) is 9.78 Å². The summed E-state index contributed by atoms with van der Waals surface area (Å²) >= 11 is 0. The molecule has 0 saturated carbocycles. The largest absolute Gasteiger partial charge is 0.383 e. The van der Waals surface area contributed by atoms with Crippen LogP contribution in [-0.4, -0.2) is 29.0 Å². The number of benzene rings is 1. The van der Waals surface area contributed by atoms with Crippen molar-refractivity contribution in [1.29, 1.82) is 0 Å². The molecule has 0 radical (unpaired) electrons. The van der Waals surface area contributed by atoms with Gasteiger partial charge in [-0.15, -0.1) is 0 Å². The first-order chi connectivity index (χ1) is 10.7. The van der Waals surface area contributed by atoms with Crippen LogP contribution >= 0.6 is 0 Å². The van der Waals surface area contributed by atoms with Gasteiger partial charge in [0.25, 0.3) is 5.91 Å². The van der Waals surface area contributed by atoms with Crippen LogP contribution in [0.15, 0.2) is 48.9 Å². The molecule has 5 heteroatoms. The number of fused-ring (bicyclic) bond motifs is 1. The number of carbonyl (C=O) groups is 1. The lowest BCUT2D eigenvalue weighted by Gasteiger charge is -2.10. The van der Waals surface area contributed by atoms with Crippen molar-refractivity contribution in [3.05, 3.63) is 60.0 Å². The second-order valence-corrected chi connectivity index (χ2v) is 5.15. The van der Waals surface area contributed by atoms with E-state index in [0.717, 1.165) is 22.2 Å². The Balaban J connectivity index is 1.53. The van der Waals surface area contributed by atoms with Crippen LogP contribution in [0.3, 0.4) is 0 Å². The van der Waals surface area contributed by atoms with Crippen LogP contribution in [0, 0.1) is 6.92 Å². The fourth-order valence-electron chi connectivity index (χ4n) is 2.34. The van der Waals surface area contributed by atoms with E-state index in [0.29, 0.717) is 18.7 Å². The second kappa shape index (κ2) is 6.30. The Hall–Kier alpha value is -2.82. The zero-order valence-corrected chi connectivity index (χ0v) is 12.4. The third-order valence-electron chi connectivity index (χ3n) is 3.56. The van der Waals surface area contributed by atoms with E-state index < -0.39 is 0 Å². The van der Waals surface area contributed by atoms with E-state index in [4.69, 9.17) is 0 Å². The molecule has 0 bridgehead atoms. The van der Waals surface area contributed by atoms with Crippen molar-refractivity contribution < 1.29 is 4.79 Å². The molecule has 0 aliphatic carbocycles. The van der Waals surface area contributed by atoms with Gasteiger partial charge in [0.2, 0.25) is 0 Å². The quantitative estimate of drug-likeness (QED) is 0.634.